The fourth-order valence-corrected chi connectivity index (χ4v) is 3.15. The largest absolute Gasteiger partial charge is 0.508 e. The normalized spacial score (nSPS) is 12.0. The molecule has 0 atom stereocenters. The van der Waals surface area contributed by atoms with Crippen molar-refractivity contribution < 1.29 is 10.2 Å². The minimum atomic E-state index is 0.163. The van der Waals surface area contributed by atoms with E-state index < -0.39 is 0 Å². The zero-order valence-corrected chi connectivity index (χ0v) is 11.4. The first-order chi connectivity index (χ1) is 10.2. The van der Waals surface area contributed by atoms with E-state index >= 15 is 0 Å². The molecular formula is C19H14O2. The van der Waals surface area contributed by atoms with Gasteiger partial charge < -0.3 is 10.2 Å². The van der Waals surface area contributed by atoms with Crippen LogP contribution in [0.15, 0.2) is 60.7 Å². The third-order valence-electron chi connectivity index (χ3n) is 4.12. The summed E-state index contributed by atoms with van der Waals surface area (Å²) in [4.78, 5) is 0. The van der Waals surface area contributed by atoms with E-state index in [9.17, 15) is 10.2 Å². The minimum absolute atomic E-state index is 0.163. The highest BCUT2D eigenvalue weighted by Gasteiger charge is 2.22. The van der Waals surface area contributed by atoms with Crippen molar-refractivity contribution in [2.75, 3.05) is 0 Å². The van der Waals surface area contributed by atoms with Crippen LogP contribution in [0.1, 0.15) is 11.1 Å². The molecule has 0 aromatic heterocycles. The summed E-state index contributed by atoms with van der Waals surface area (Å²) in [6.07, 6.45) is 0.858. The second kappa shape index (κ2) is 4.38. The van der Waals surface area contributed by atoms with Crippen LogP contribution in [0.2, 0.25) is 0 Å². The quantitative estimate of drug-likeness (QED) is 0.507. The summed E-state index contributed by atoms with van der Waals surface area (Å²) in [5.74, 6) is 0.355. The number of hydrogen-bond donors (Lipinski definition) is 2. The molecule has 0 heterocycles. The fraction of sp³-hybridized carbons (Fsp3) is 0.0526. The predicted octanol–water partition coefficient (Wildman–Crippen LogP) is 4.34. The average molecular weight is 274 g/mol. The van der Waals surface area contributed by atoms with Crippen molar-refractivity contribution in [1.29, 1.82) is 0 Å². The molecule has 2 nitrogen and oxygen atoms in total. The Bertz CT molecular complexity index is 850. The first kappa shape index (κ1) is 12.0. The summed E-state index contributed by atoms with van der Waals surface area (Å²) in [6, 6.07) is 19.1. The first-order valence-electron chi connectivity index (χ1n) is 6.96. The Morgan fingerprint density at radius 3 is 2.24 bits per heavy atom. The summed E-state index contributed by atoms with van der Waals surface area (Å²) >= 11 is 0. The Balaban J connectivity index is 1.96. The van der Waals surface area contributed by atoms with E-state index in [1.807, 2.05) is 18.2 Å². The van der Waals surface area contributed by atoms with Crippen LogP contribution in [-0.2, 0) is 6.42 Å². The molecule has 0 unspecified atom stereocenters. The highest BCUT2D eigenvalue weighted by Crippen LogP contribution is 2.43. The highest BCUT2D eigenvalue weighted by atomic mass is 16.3. The molecule has 0 spiro atoms. The van der Waals surface area contributed by atoms with Gasteiger partial charge in [0.15, 0.2) is 0 Å². The van der Waals surface area contributed by atoms with Crippen LogP contribution in [-0.4, -0.2) is 10.2 Å². The van der Waals surface area contributed by atoms with Gasteiger partial charge in [0, 0.05) is 5.56 Å². The standard InChI is InChI=1S/C19H14O2/c20-13-8-9-19(21)18(11-13)16-7-3-6-15-14-5-2-1-4-12(14)10-17(15)16/h1-9,11,20-21H,10H2. The zero-order chi connectivity index (χ0) is 14.4. The number of rotatable bonds is 1. The number of phenols is 2. The molecule has 21 heavy (non-hydrogen) atoms. The molecule has 0 amide bonds. The molecule has 3 aromatic carbocycles. The minimum Gasteiger partial charge on any atom is -0.508 e. The maximum atomic E-state index is 10.1. The first-order valence-corrected chi connectivity index (χ1v) is 6.96. The predicted molar refractivity (Wildman–Crippen MR) is 83.4 cm³/mol. The molecule has 0 bridgehead atoms. The number of fused-ring (bicyclic) bond motifs is 3. The van der Waals surface area contributed by atoms with E-state index in [1.165, 1.54) is 34.4 Å². The van der Waals surface area contributed by atoms with Crippen LogP contribution in [0, 0.1) is 0 Å². The maximum Gasteiger partial charge on any atom is 0.123 e. The van der Waals surface area contributed by atoms with E-state index in [2.05, 4.69) is 24.3 Å². The number of hydrogen-bond acceptors (Lipinski definition) is 2. The molecule has 0 radical (unpaired) electrons. The lowest BCUT2D eigenvalue weighted by atomic mass is 9.95. The van der Waals surface area contributed by atoms with Crippen molar-refractivity contribution >= 4 is 0 Å². The van der Waals surface area contributed by atoms with Gasteiger partial charge in [0.2, 0.25) is 0 Å². The number of phenolic OH excluding ortho intramolecular Hbond substituents is 2. The van der Waals surface area contributed by atoms with Crippen LogP contribution < -0.4 is 0 Å². The van der Waals surface area contributed by atoms with Gasteiger partial charge >= 0.3 is 0 Å². The molecule has 2 heteroatoms. The Morgan fingerprint density at radius 2 is 1.38 bits per heavy atom. The molecule has 0 fully saturated rings. The summed E-state index contributed by atoms with van der Waals surface area (Å²) in [5, 5.41) is 19.8. The van der Waals surface area contributed by atoms with Gasteiger partial charge in [0.25, 0.3) is 0 Å². The average Bonchev–Trinajstić information content (AvgIpc) is 2.88. The van der Waals surface area contributed by atoms with Crippen LogP contribution in [0.3, 0.4) is 0 Å². The van der Waals surface area contributed by atoms with E-state index in [0.29, 0.717) is 5.56 Å². The second-order valence-electron chi connectivity index (χ2n) is 5.37. The van der Waals surface area contributed by atoms with E-state index in [0.717, 1.165) is 12.0 Å². The SMILES string of the molecule is Oc1ccc(O)c(-c2cccc3c2Cc2ccccc2-3)c1. The molecular weight excluding hydrogens is 260 g/mol. The molecule has 1 aliphatic carbocycles. The van der Waals surface area contributed by atoms with E-state index in [-0.39, 0.29) is 11.5 Å². The lowest BCUT2D eigenvalue weighted by Gasteiger charge is -2.11. The summed E-state index contributed by atoms with van der Waals surface area (Å²) in [5.41, 5.74) is 6.65. The Labute approximate surface area is 122 Å². The lowest BCUT2D eigenvalue weighted by Crippen LogP contribution is -1.88. The topological polar surface area (TPSA) is 40.5 Å². The molecule has 0 aliphatic heterocycles. The maximum absolute atomic E-state index is 10.1. The van der Waals surface area contributed by atoms with Crippen LogP contribution in [0.25, 0.3) is 22.3 Å². The summed E-state index contributed by atoms with van der Waals surface area (Å²) in [7, 11) is 0. The molecule has 1 aliphatic rings. The van der Waals surface area contributed by atoms with Crippen molar-refractivity contribution in [3.63, 3.8) is 0 Å². The Kier molecular flexibility index (Phi) is 2.51. The third-order valence-corrected chi connectivity index (χ3v) is 4.12. The van der Waals surface area contributed by atoms with Crippen LogP contribution in [0.5, 0.6) is 11.5 Å². The van der Waals surface area contributed by atoms with Gasteiger partial charge in [0.1, 0.15) is 11.5 Å². The number of benzene rings is 3. The lowest BCUT2D eigenvalue weighted by molar-refractivity contribution is 0.462. The summed E-state index contributed by atoms with van der Waals surface area (Å²) in [6.45, 7) is 0. The van der Waals surface area contributed by atoms with E-state index in [1.54, 1.807) is 6.07 Å². The van der Waals surface area contributed by atoms with E-state index in [4.69, 9.17) is 0 Å². The van der Waals surface area contributed by atoms with Crippen molar-refractivity contribution in [2.45, 2.75) is 6.42 Å². The second-order valence-corrected chi connectivity index (χ2v) is 5.37. The van der Waals surface area contributed by atoms with Crippen molar-refractivity contribution in [2.24, 2.45) is 0 Å². The van der Waals surface area contributed by atoms with Gasteiger partial charge in [-0.25, -0.2) is 0 Å². The fourth-order valence-electron chi connectivity index (χ4n) is 3.15. The molecule has 102 valence electrons. The molecule has 0 saturated heterocycles. The summed E-state index contributed by atoms with van der Waals surface area (Å²) < 4.78 is 0. The van der Waals surface area contributed by atoms with Crippen molar-refractivity contribution in [3.05, 3.63) is 71.8 Å². The van der Waals surface area contributed by atoms with Crippen LogP contribution in [0.4, 0.5) is 0 Å². The van der Waals surface area contributed by atoms with Gasteiger partial charge in [0.05, 0.1) is 0 Å². The smallest absolute Gasteiger partial charge is 0.123 e. The van der Waals surface area contributed by atoms with Gasteiger partial charge in [-0.2, -0.15) is 0 Å². The molecule has 0 saturated carbocycles. The Morgan fingerprint density at radius 1 is 0.667 bits per heavy atom. The van der Waals surface area contributed by atoms with Gasteiger partial charge in [-0.05, 0) is 52.4 Å². The van der Waals surface area contributed by atoms with Gasteiger partial charge in [-0.1, -0.05) is 42.5 Å². The van der Waals surface area contributed by atoms with Crippen molar-refractivity contribution in [3.8, 4) is 33.8 Å². The molecule has 4 rings (SSSR count). The monoisotopic (exact) mass is 274 g/mol. The number of aromatic hydroxyl groups is 2. The van der Waals surface area contributed by atoms with Crippen LogP contribution >= 0.6 is 0 Å². The third kappa shape index (κ3) is 1.80. The highest BCUT2D eigenvalue weighted by molar-refractivity contribution is 5.86. The molecule has 2 N–H and O–H groups in total. The van der Waals surface area contributed by atoms with Gasteiger partial charge in [-0.3, -0.25) is 0 Å². The Hall–Kier alpha value is -2.74. The zero-order valence-electron chi connectivity index (χ0n) is 11.4. The van der Waals surface area contributed by atoms with Gasteiger partial charge in [-0.15, -0.1) is 0 Å². The molecule has 3 aromatic rings. The van der Waals surface area contributed by atoms with Crippen molar-refractivity contribution in [1.82, 2.24) is 0 Å².